The quantitative estimate of drug-likeness (QED) is 0.690. The van der Waals surface area contributed by atoms with E-state index in [9.17, 15) is 4.79 Å². The Labute approximate surface area is 123 Å². The predicted octanol–water partition coefficient (Wildman–Crippen LogP) is 3.26. The molecule has 0 aliphatic rings. The van der Waals surface area contributed by atoms with Gasteiger partial charge in [-0.2, -0.15) is 5.10 Å². The van der Waals surface area contributed by atoms with Crippen molar-refractivity contribution in [2.45, 2.75) is 0 Å². The summed E-state index contributed by atoms with van der Waals surface area (Å²) in [6.45, 7) is 0. The van der Waals surface area contributed by atoms with Crippen molar-refractivity contribution >= 4 is 39.7 Å². The van der Waals surface area contributed by atoms with Gasteiger partial charge in [-0.3, -0.25) is 9.78 Å². The number of hydrazone groups is 1. The van der Waals surface area contributed by atoms with Crippen LogP contribution in [0, 0.1) is 0 Å². The van der Waals surface area contributed by atoms with Gasteiger partial charge in [0.15, 0.2) is 0 Å². The van der Waals surface area contributed by atoms with E-state index in [2.05, 4.69) is 31.4 Å². The third-order valence-electron chi connectivity index (χ3n) is 2.22. The van der Waals surface area contributed by atoms with Gasteiger partial charge in [-0.05, 0) is 39.7 Å². The first-order chi connectivity index (χ1) is 9.15. The smallest absolute Gasteiger partial charge is 0.267 e. The fourth-order valence-corrected chi connectivity index (χ4v) is 1.81. The molecule has 0 bridgehead atoms. The summed E-state index contributed by atoms with van der Waals surface area (Å²) in [5, 5.41) is 4.52. The Kier molecular flexibility index (Phi) is 4.65. The van der Waals surface area contributed by atoms with Crippen molar-refractivity contribution in [2.24, 2.45) is 5.10 Å². The zero-order valence-corrected chi connectivity index (χ0v) is 12.0. The molecule has 0 unspecified atom stereocenters. The van der Waals surface area contributed by atoms with Gasteiger partial charge in [-0.1, -0.05) is 23.7 Å². The second kappa shape index (κ2) is 6.45. The van der Waals surface area contributed by atoms with Crippen LogP contribution in [0.4, 0.5) is 0 Å². The molecule has 4 nitrogen and oxygen atoms in total. The van der Waals surface area contributed by atoms with E-state index < -0.39 is 0 Å². The summed E-state index contributed by atoms with van der Waals surface area (Å²) in [4.78, 5) is 15.6. The number of amides is 1. The molecule has 6 heteroatoms. The van der Waals surface area contributed by atoms with Crippen molar-refractivity contribution in [3.8, 4) is 0 Å². The summed E-state index contributed by atoms with van der Waals surface area (Å²) in [5.74, 6) is -0.320. The van der Waals surface area contributed by atoms with E-state index >= 15 is 0 Å². The Morgan fingerprint density at radius 2 is 2.05 bits per heavy atom. The fraction of sp³-hybridized carbons (Fsp3) is 0. The summed E-state index contributed by atoms with van der Waals surface area (Å²) >= 11 is 9.01. The van der Waals surface area contributed by atoms with Crippen LogP contribution in [0.25, 0.3) is 0 Å². The highest BCUT2D eigenvalue weighted by atomic mass is 79.9. The first-order valence-corrected chi connectivity index (χ1v) is 6.52. The maximum atomic E-state index is 11.7. The van der Waals surface area contributed by atoms with Crippen molar-refractivity contribution in [1.82, 2.24) is 10.4 Å². The minimum atomic E-state index is -0.320. The van der Waals surface area contributed by atoms with Crippen molar-refractivity contribution in [3.63, 3.8) is 0 Å². The number of halogens is 2. The largest absolute Gasteiger partial charge is 0.272 e. The lowest BCUT2D eigenvalue weighted by Gasteiger charge is -1.99. The van der Waals surface area contributed by atoms with Gasteiger partial charge < -0.3 is 0 Å². The average molecular weight is 339 g/mol. The minimum absolute atomic E-state index is 0.320. The maximum Gasteiger partial charge on any atom is 0.272 e. The molecule has 0 aliphatic carbocycles. The first kappa shape index (κ1) is 13.7. The lowest BCUT2D eigenvalue weighted by Crippen LogP contribution is -2.17. The third kappa shape index (κ3) is 4.15. The van der Waals surface area contributed by atoms with Gasteiger partial charge in [0.1, 0.15) is 0 Å². The number of aromatic nitrogens is 1. The predicted molar refractivity (Wildman–Crippen MR) is 78.4 cm³/mol. The van der Waals surface area contributed by atoms with E-state index in [0.29, 0.717) is 10.6 Å². The highest BCUT2D eigenvalue weighted by molar-refractivity contribution is 9.10. The number of carbonyl (C=O) groups excluding carboxylic acids is 1. The molecular weight excluding hydrogens is 330 g/mol. The Bertz CT molecular complexity index is 614. The molecule has 2 rings (SSSR count). The zero-order chi connectivity index (χ0) is 13.7. The van der Waals surface area contributed by atoms with Crippen LogP contribution in [-0.2, 0) is 0 Å². The van der Waals surface area contributed by atoms with Crippen LogP contribution in [0.1, 0.15) is 15.9 Å². The molecule has 0 atom stereocenters. The van der Waals surface area contributed by atoms with Gasteiger partial charge in [0.25, 0.3) is 5.91 Å². The van der Waals surface area contributed by atoms with Gasteiger partial charge in [0.2, 0.25) is 0 Å². The molecule has 1 aromatic heterocycles. The number of benzene rings is 1. The SMILES string of the molecule is O=C(N/N=C\c1ccc(Cl)cc1)c1cncc(Br)c1. The second-order valence-corrected chi connectivity index (χ2v) is 4.99. The molecule has 0 radical (unpaired) electrons. The van der Waals surface area contributed by atoms with Gasteiger partial charge in [-0.15, -0.1) is 0 Å². The molecule has 2 aromatic rings. The Balaban J connectivity index is 1.98. The Hall–Kier alpha value is -1.72. The lowest BCUT2D eigenvalue weighted by atomic mass is 10.2. The molecule has 1 heterocycles. The fourth-order valence-electron chi connectivity index (χ4n) is 1.31. The van der Waals surface area contributed by atoms with Crippen molar-refractivity contribution in [3.05, 3.63) is 63.3 Å². The number of hydrogen-bond donors (Lipinski definition) is 1. The lowest BCUT2D eigenvalue weighted by molar-refractivity contribution is 0.0954. The molecule has 0 spiro atoms. The van der Waals surface area contributed by atoms with Gasteiger partial charge >= 0.3 is 0 Å². The Morgan fingerprint density at radius 3 is 2.74 bits per heavy atom. The van der Waals surface area contributed by atoms with E-state index in [1.807, 2.05) is 0 Å². The van der Waals surface area contributed by atoms with Gasteiger partial charge in [0, 0.05) is 21.9 Å². The van der Waals surface area contributed by atoms with E-state index in [1.165, 1.54) is 6.20 Å². The summed E-state index contributed by atoms with van der Waals surface area (Å²) < 4.78 is 0.738. The number of pyridine rings is 1. The zero-order valence-electron chi connectivity index (χ0n) is 9.68. The normalized spacial score (nSPS) is 10.6. The van der Waals surface area contributed by atoms with Gasteiger partial charge in [-0.25, -0.2) is 5.43 Å². The molecule has 19 heavy (non-hydrogen) atoms. The first-order valence-electron chi connectivity index (χ1n) is 5.35. The average Bonchev–Trinajstić information content (AvgIpc) is 2.41. The molecule has 0 fully saturated rings. The summed E-state index contributed by atoms with van der Waals surface area (Å²) in [6.07, 6.45) is 4.62. The highest BCUT2D eigenvalue weighted by Crippen LogP contribution is 2.09. The van der Waals surface area contributed by atoms with Crippen LogP contribution in [-0.4, -0.2) is 17.1 Å². The molecule has 0 aliphatic heterocycles. The monoisotopic (exact) mass is 337 g/mol. The van der Waals surface area contributed by atoms with E-state index in [4.69, 9.17) is 11.6 Å². The summed E-state index contributed by atoms with van der Waals surface area (Å²) in [6, 6.07) is 8.78. The molecule has 1 aromatic carbocycles. The van der Waals surface area contributed by atoms with Crippen LogP contribution in [0.15, 0.2) is 52.3 Å². The maximum absolute atomic E-state index is 11.7. The molecule has 1 N–H and O–H groups in total. The van der Waals surface area contributed by atoms with Crippen LogP contribution in [0.5, 0.6) is 0 Å². The number of nitrogens with one attached hydrogen (secondary N) is 1. The molecule has 0 saturated heterocycles. The number of nitrogens with zero attached hydrogens (tertiary/aromatic N) is 2. The molecule has 0 saturated carbocycles. The van der Waals surface area contributed by atoms with Crippen molar-refractivity contribution in [1.29, 1.82) is 0 Å². The van der Waals surface area contributed by atoms with Gasteiger partial charge in [0.05, 0.1) is 11.8 Å². The molecular formula is C13H9BrClN3O. The summed E-state index contributed by atoms with van der Waals surface area (Å²) in [7, 11) is 0. The Morgan fingerprint density at radius 1 is 1.32 bits per heavy atom. The second-order valence-electron chi connectivity index (χ2n) is 3.64. The third-order valence-corrected chi connectivity index (χ3v) is 2.90. The topological polar surface area (TPSA) is 54.4 Å². The van der Waals surface area contributed by atoms with Crippen LogP contribution in [0.3, 0.4) is 0 Å². The van der Waals surface area contributed by atoms with Crippen molar-refractivity contribution < 1.29 is 4.79 Å². The van der Waals surface area contributed by atoms with E-state index in [0.717, 1.165) is 10.0 Å². The van der Waals surface area contributed by atoms with Crippen LogP contribution < -0.4 is 5.43 Å². The number of carbonyl (C=O) groups is 1. The van der Waals surface area contributed by atoms with Crippen molar-refractivity contribution in [2.75, 3.05) is 0 Å². The highest BCUT2D eigenvalue weighted by Gasteiger charge is 2.04. The van der Waals surface area contributed by atoms with E-state index in [-0.39, 0.29) is 5.91 Å². The van der Waals surface area contributed by atoms with E-state index in [1.54, 1.807) is 42.7 Å². The minimum Gasteiger partial charge on any atom is -0.267 e. The number of hydrogen-bond acceptors (Lipinski definition) is 3. The van der Waals surface area contributed by atoms with Crippen LogP contribution >= 0.6 is 27.5 Å². The summed E-state index contributed by atoms with van der Waals surface area (Å²) in [5.41, 5.74) is 3.70. The van der Waals surface area contributed by atoms with Crippen LogP contribution in [0.2, 0.25) is 5.02 Å². The molecule has 1 amide bonds. The number of rotatable bonds is 3. The molecule has 96 valence electrons. The standard InChI is InChI=1S/C13H9BrClN3O/c14-11-5-10(7-16-8-11)13(19)18-17-6-9-1-3-12(15)4-2-9/h1-8H,(H,18,19)/b17-6-.